The number of halogens is 1. The summed E-state index contributed by atoms with van der Waals surface area (Å²) in [5.41, 5.74) is 3.01. The van der Waals surface area contributed by atoms with Crippen LogP contribution < -0.4 is 5.32 Å². The Morgan fingerprint density at radius 1 is 1.29 bits per heavy atom. The molecule has 28 heavy (non-hydrogen) atoms. The highest BCUT2D eigenvalue weighted by atomic mass is 19.1. The second kappa shape index (κ2) is 8.39. The van der Waals surface area contributed by atoms with E-state index in [1.165, 1.54) is 18.6 Å². The summed E-state index contributed by atoms with van der Waals surface area (Å²) in [6.07, 6.45) is 5.94. The Kier molecular flexibility index (Phi) is 5.93. The minimum absolute atomic E-state index is 0.0719. The molecule has 3 rings (SSSR count). The Bertz CT molecular complexity index is 937. The number of rotatable bonds is 4. The van der Waals surface area contributed by atoms with Crippen LogP contribution in [0.25, 0.3) is 11.8 Å². The molecule has 1 amide bonds. The van der Waals surface area contributed by atoms with Crippen molar-refractivity contribution < 1.29 is 9.18 Å². The molecule has 1 heterocycles. The van der Waals surface area contributed by atoms with Gasteiger partial charge in [0.25, 0.3) is 5.91 Å². The van der Waals surface area contributed by atoms with Crippen molar-refractivity contribution in [1.82, 2.24) is 15.1 Å². The first-order valence-electron chi connectivity index (χ1n) is 9.65. The van der Waals surface area contributed by atoms with E-state index in [9.17, 15) is 14.4 Å². The molecule has 1 saturated carbocycles. The molecular weight excluding hydrogens is 355 g/mol. The lowest BCUT2D eigenvalue weighted by molar-refractivity contribution is -0.118. The maximum atomic E-state index is 13.2. The number of hydrogen-bond acceptors (Lipinski definition) is 3. The fraction of sp³-hybridized carbons (Fsp3) is 0.409. The average Bonchev–Trinajstić information content (AvgIpc) is 2.96. The van der Waals surface area contributed by atoms with Crippen LogP contribution in [0.2, 0.25) is 0 Å². The van der Waals surface area contributed by atoms with Gasteiger partial charge in [0.1, 0.15) is 17.5 Å². The van der Waals surface area contributed by atoms with E-state index in [4.69, 9.17) is 0 Å². The van der Waals surface area contributed by atoms with Gasteiger partial charge in [-0.3, -0.25) is 4.79 Å². The van der Waals surface area contributed by atoms with Gasteiger partial charge in [0.2, 0.25) is 0 Å². The third kappa shape index (κ3) is 4.14. The quantitative estimate of drug-likeness (QED) is 0.637. The van der Waals surface area contributed by atoms with Crippen LogP contribution in [0, 0.1) is 36.9 Å². The third-order valence-electron chi connectivity index (χ3n) is 5.50. The molecule has 1 N–H and O–H groups in total. The highest BCUT2D eigenvalue weighted by Crippen LogP contribution is 2.25. The van der Waals surface area contributed by atoms with Gasteiger partial charge >= 0.3 is 0 Å². The number of nitrogens with one attached hydrogen (secondary N) is 1. The van der Waals surface area contributed by atoms with E-state index < -0.39 is 0 Å². The first-order valence-corrected chi connectivity index (χ1v) is 9.65. The largest absolute Gasteiger partial charge is 0.348 e. The van der Waals surface area contributed by atoms with E-state index in [2.05, 4.69) is 17.3 Å². The zero-order valence-corrected chi connectivity index (χ0v) is 16.5. The van der Waals surface area contributed by atoms with Gasteiger partial charge in [0.05, 0.1) is 11.4 Å². The third-order valence-corrected chi connectivity index (χ3v) is 5.50. The van der Waals surface area contributed by atoms with Crippen molar-refractivity contribution >= 4 is 12.0 Å². The summed E-state index contributed by atoms with van der Waals surface area (Å²) in [5.74, 6) is -0.234. The monoisotopic (exact) mass is 380 g/mol. The first-order chi connectivity index (χ1) is 13.4. The second-order valence-electron chi connectivity index (χ2n) is 7.48. The Morgan fingerprint density at radius 3 is 2.61 bits per heavy atom. The second-order valence-corrected chi connectivity index (χ2v) is 7.48. The van der Waals surface area contributed by atoms with Crippen molar-refractivity contribution in [2.45, 2.75) is 52.5 Å². The van der Waals surface area contributed by atoms with Crippen LogP contribution in [0.1, 0.15) is 49.6 Å². The number of aryl methyl sites for hydroxylation is 1. The molecule has 146 valence electrons. The van der Waals surface area contributed by atoms with Crippen molar-refractivity contribution in [3.05, 3.63) is 52.6 Å². The number of carbonyl (C=O) groups is 1. The standard InChI is InChI=1S/C22H25FN4O/c1-14-6-4-5-7-21(14)25-22(28)17(13-24)12-20-15(2)26-27(16(20)3)19-10-8-18(23)9-11-19/h8-12,14,21H,4-7H2,1-3H3,(H,25,28)/b17-12+/t14-,21+/m1/s1. The van der Waals surface area contributed by atoms with Gasteiger partial charge in [-0.25, -0.2) is 9.07 Å². The molecule has 1 fully saturated rings. The molecule has 1 aromatic heterocycles. The predicted octanol–water partition coefficient (Wildman–Crippen LogP) is 4.23. The van der Waals surface area contributed by atoms with Crippen LogP contribution in [-0.2, 0) is 4.79 Å². The molecule has 0 bridgehead atoms. The van der Waals surface area contributed by atoms with Crippen LogP contribution in [-0.4, -0.2) is 21.7 Å². The van der Waals surface area contributed by atoms with Crippen molar-refractivity contribution in [3.63, 3.8) is 0 Å². The van der Waals surface area contributed by atoms with Crippen LogP contribution >= 0.6 is 0 Å². The molecule has 0 radical (unpaired) electrons. The minimum atomic E-state index is -0.338. The van der Waals surface area contributed by atoms with Crippen molar-refractivity contribution in [3.8, 4) is 11.8 Å². The smallest absolute Gasteiger partial charge is 0.262 e. The van der Waals surface area contributed by atoms with Crippen LogP contribution in [0.3, 0.4) is 0 Å². The molecule has 1 aromatic carbocycles. The van der Waals surface area contributed by atoms with E-state index >= 15 is 0 Å². The summed E-state index contributed by atoms with van der Waals surface area (Å²) in [5, 5.41) is 17.1. The van der Waals surface area contributed by atoms with Gasteiger partial charge in [-0.05, 0) is 62.9 Å². The zero-order valence-electron chi connectivity index (χ0n) is 16.5. The number of amides is 1. The number of aromatic nitrogens is 2. The Labute approximate surface area is 164 Å². The summed E-state index contributed by atoms with van der Waals surface area (Å²) >= 11 is 0. The maximum absolute atomic E-state index is 13.2. The lowest BCUT2D eigenvalue weighted by atomic mass is 9.86. The van der Waals surface area contributed by atoms with Gasteiger partial charge in [-0.1, -0.05) is 19.8 Å². The lowest BCUT2D eigenvalue weighted by Crippen LogP contribution is -2.41. The Balaban J connectivity index is 1.87. The molecule has 1 aliphatic carbocycles. The molecule has 2 aromatic rings. The molecule has 0 saturated heterocycles. The molecule has 0 unspecified atom stereocenters. The molecule has 0 spiro atoms. The molecule has 2 atom stereocenters. The highest BCUT2D eigenvalue weighted by molar-refractivity contribution is 6.02. The van der Waals surface area contributed by atoms with E-state index in [1.807, 2.05) is 19.9 Å². The highest BCUT2D eigenvalue weighted by Gasteiger charge is 2.24. The van der Waals surface area contributed by atoms with Crippen molar-refractivity contribution in [2.75, 3.05) is 0 Å². The summed E-state index contributed by atoms with van der Waals surface area (Å²) < 4.78 is 14.9. The molecule has 6 heteroatoms. The van der Waals surface area contributed by atoms with Gasteiger partial charge in [-0.15, -0.1) is 0 Å². The van der Waals surface area contributed by atoms with Gasteiger partial charge in [0, 0.05) is 17.3 Å². The van der Waals surface area contributed by atoms with Crippen LogP contribution in [0.15, 0.2) is 29.8 Å². The normalized spacial score (nSPS) is 19.9. The van der Waals surface area contributed by atoms with Gasteiger partial charge in [0.15, 0.2) is 0 Å². The zero-order chi connectivity index (χ0) is 20.3. The van der Waals surface area contributed by atoms with E-state index in [0.29, 0.717) is 11.6 Å². The Morgan fingerprint density at radius 2 is 1.96 bits per heavy atom. The van der Waals surface area contributed by atoms with Crippen molar-refractivity contribution in [1.29, 1.82) is 5.26 Å². The average molecular weight is 380 g/mol. The van der Waals surface area contributed by atoms with Crippen LogP contribution in [0.5, 0.6) is 0 Å². The number of nitriles is 1. The number of carbonyl (C=O) groups excluding carboxylic acids is 1. The summed E-state index contributed by atoms with van der Waals surface area (Å²) in [7, 11) is 0. The van der Waals surface area contributed by atoms with E-state index in [0.717, 1.165) is 36.2 Å². The maximum Gasteiger partial charge on any atom is 0.262 e. The predicted molar refractivity (Wildman–Crippen MR) is 106 cm³/mol. The van der Waals surface area contributed by atoms with E-state index in [-0.39, 0.29) is 23.3 Å². The first kappa shape index (κ1) is 19.8. The fourth-order valence-corrected chi connectivity index (χ4v) is 3.77. The minimum Gasteiger partial charge on any atom is -0.348 e. The lowest BCUT2D eigenvalue weighted by Gasteiger charge is -2.29. The topological polar surface area (TPSA) is 70.7 Å². The molecule has 1 aliphatic rings. The molecule has 0 aliphatic heterocycles. The molecular formula is C22H25FN4O. The van der Waals surface area contributed by atoms with Crippen molar-refractivity contribution in [2.24, 2.45) is 5.92 Å². The fourth-order valence-electron chi connectivity index (χ4n) is 3.77. The summed E-state index contributed by atoms with van der Waals surface area (Å²) in [4.78, 5) is 12.7. The summed E-state index contributed by atoms with van der Waals surface area (Å²) in [6, 6.07) is 8.18. The summed E-state index contributed by atoms with van der Waals surface area (Å²) in [6.45, 7) is 5.83. The number of nitrogens with zero attached hydrogens (tertiary/aromatic N) is 3. The van der Waals surface area contributed by atoms with Gasteiger partial charge in [-0.2, -0.15) is 10.4 Å². The van der Waals surface area contributed by atoms with E-state index in [1.54, 1.807) is 22.9 Å². The number of benzene rings is 1. The number of hydrogen-bond donors (Lipinski definition) is 1. The molecule has 5 nitrogen and oxygen atoms in total. The Hall–Kier alpha value is -2.94. The van der Waals surface area contributed by atoms with Gasteiger partial charge < -0.3 is 5.32 Å². The SMILES string of the molecule is Cc1nn(-c2ccc(F)cc2)c(C)c1/C=C(\C#N)C(=O)N[C@H]1CCCC[C@H]1C. The van der Waals surface area contributed by atoms with Crippen LogP contribution in [0.4, 0.5) is 4.39 Å².